The summed E-state index contributed by atoms with van der Waals surface area (Å²) < 4.78 is 14.2. The Morgan fingerprint density at radius 3 is 2.76 bits per heavy atom. The molecule has 5 nitrogen and oxygen atoms in total. The van der Waals surface area contributed by atoms with Crippen molar-refractivity contribution in [3.8, 4) is 5.75 Å². The molecule has 0 fully saturated rings. The standard InChI is InChI=1S/C23H28N2O3S/c1-5-6-11-28-19-9-7-8-18(15-19)22(26)24-23-25(10-12-27-4)20-14-16(2)13-17(3)21(20)29-23/h7-9,13-15H,5-6,10-12H2,1-4H3. The molecule has 0 bridgehead atoms. The highest BCUT2D eigenvalue weighted by Gasteiger charge is 2.12. The molecule has 1 amide bonds. The molecule has 2 aromatic carbocycles. The molecule has 1 aromatic heterocycles. The summed E-state index contributed by atoms with van der Waals surface area (Å²) in [6.45, 7) is 8.14. The van der Waals surface area contributed by atoms with E-state index in [-0.39, 0.29) is 5.91 Å². The van der Waals surface area contributed by atoms with Crippen molar-refractivity contribution in [2.24, 2.45) is 4.99 Å². The Balaban J connectivity index is 1.99. The molecule has 154 valence electrons. The lowest BCUT2D eigenvalue weighted by atomic mass is 10.1. The number of benzene rings is 2. The molecule has 0 unspecified atom stereocenters. The Hall–Kier alpha value is -2.44. The van der Waals surface area contributed by atoms with Gasteiger partial charge in [0.2, 0.25) is 0 Å². The fourth-order valence-electron chi connectivity index (χ4n) is 3.20. The summed E-state index contributed by atoms with van der Waals surface area (Å²) in [7, 11) is 1.68. The van der Waals surface area contributed by atoms with E-state index in [9.17, 15) is 4.79 Å². The zero-order valence-corrected chi connectivity index (χ0v) is 18.3. The number of aryl methyl sites for hydroxylation is 2. The number of unbranched alkanes of at least 4 members (excludes halogenated alkanes) is 1. The third kappa shape index (κ3) is 5.14. The minimum absolute atomic E-state index is 0.266. The number of methoxy groups -OCH3 is 1. The highest BCUT2D eigenvalue weighted by atomic mass is 32.1. The first kappa shape index (κ1) is 21.3. The van der Waals surface area contributed by atoms with Gasteiger partial charge < -0.3 is 14.0 Å². The van der Waals surface area contributed by atoms with Crippen LogP contribution in [0.1, 0.15) is 41.3 Å². The Kier molecular flexibility index (Phi) is 7.23. The molecule has 6 heteroatoms. The Morgan fingerprint density at radius 2 is 2.00 bits per heavy atom. The first-order chi connectivity index (χ1) is 14.0. The molecular formula is C23H28N2O3S. The minimum Gasteiger partial charge on any atom is -0.494 e. The van der Waals surface area contributed by atoms with Crippen LogP contribution in [0.2, 0.25) is 0 Å². The van der Waals surface area contributed by atoms with Crippen LogP contribution >= 0.6 is 11.3 Å². The molecule has 0 atom stereocenters. The van der Waals surface area contributed by atoms with Crippen molar-refractivity contribution in [3.63, 3.8) is 0 Å². The molecule has 0 aliphatic rings. The van der Waals surface area contributed by atoms with E-state index in [4.69, 9.17) is 9.47 Å². The van der Waals surface area contributed by atoms with Crippen LogP contribution in [-0.2, 0) is 11.3 Å². The maximum Gasteiger partial charge on any atom is 0.279 e. The SMILES string of the molecule is CCCCOc1cccc(C(=O)N=c2sc3c(C)cc(C)cc3n2CCOC)c1. The van der Waals surface area contributed by atoms with E-state index in [1.807, 2.05) is 12.1 Å². The summed E-state index contributed by atoms with van der Waals surface area (Å²) in [6.07, 6.45) is 2.06. The number of rotatable bonds is 8. The number of nitrogens with zero attached hydrogens (tertiary/aromatic N) is 2. The highest BCUT2D eigenvalue weighted by Crippen LogP contribution is 2.23. The largest absolute Gasteiger partial charge is 0.494 e. The molecule has 1 heterocycles. The first-order valence-electron chi connectivity index (χ1n) is 9.95. The second kappa shape index (κ2) is 9.85. The third-order valence-electron chi connectivity index (χ3n) is 4.68. The lowest BCUT2D eigenvalue weighted by molar-refractivity contribution is 0.0997. The van der Waals surface area contributed by atoms with Gasteiger partial charge in [0.1, 0.15) is 5.75 Å². The van der Waals surface area contributed by atoms with Gasteiger partial charge in [-0.2, -0.15) is 4.99 Å². The van der Waals surface area contributed by atoms with Crippen molar-refractivity contribution in [3.05, 3.63) is 57.9 Å². The van der Waals surface area contributed by atoms with E-state index >= 15 is 0 Å². The number of aromatic nitrogens is 1. The zero-order chi connectivity index (χ0) is 20.8. The van der Waals surface area contributed by atoms with Crippen LogP contribution in [0, 0.1) is 13.8 Å². The predicted octanol–water partition coefficient (Wildman–Crippen LogP) is 4.89. The van der Waals surface area contributed by atoms with Crippen LogP contribution in [0.3, 0.4) is 0 Å². The van der Waals surface area contributed by atoms with E-state index in [2.05, 4.69) is 42.5 Å². The van der Waals surface area contributed by atoms with Gasteiger partial charge in [0.05, 0.1) is 23.4 Å². The normalized spacial score (nSPS) is 11.9. The summed E-state index contributed by atoms with van der Waals surface area (Å²) in [4.78, 5) is 18.0. The van der Waals surface area contributed by atoms with Gasteiger partial charge in [0, 0.05) is 19.2 Å². The summed E-state index contributed by atoms with van der Waals surface area (Å²) in [5, 5.41) is 0. The lowest BCUT2D eigenvalue weighted by Gasteiger charge is -2.07. The number of carbonyl (C=O) groups excluding carboxylic acids is 1. The number of thiazole rings is 1. The maximum absolute atomic E-state index is 12.9. The van der Waals surface area contributed by atoms with Gasteiger partial charge in [-0.15, -0.1) is 0 Å². The molecule has 3 aromatic rings. The van der Waals surface area contributed by atoms with E-state index in [0.29, 0.717) is 35.9 Å². The quantitative estimate of drug-likeness (QED) is 0.495. The molecule has 0 N–H and O–H groups in total. The van der Waals surface area contributed by atoms with Crippen molar-refractivity contribution in [1.29, 1.82) is 0 Å². The van der Waals surface area contributed by atoms with Crippen molar-refractivity contribution >= 4 is 27.5 Å². The predicted molar refractivity (Wildman–Crippen MR) is 118 cm³/mol. The molecule has 0 radical (unpaired) electrons. The number of fused-ring (bicyclic) bond motifs is 1. The van der Waals surface area contributed by atoms with Crippen molar-refractivity contribution in [1.82, 2.24) is 4.57 Å². The van der Waals surface area contributed by atoms with E-state index in [1.54, 1.807) is 30.6 Å². The summed E-state index contributed by atoms with van der Waals surface area (Å²) in [6, 6.07) is 11.5. The van der Waals surface area contributed by atoms with Crippen LogP contribution in [0.25, 0.3) is 10.2 Å². The molecule has 29 heavy (non-hydrogen) atoms. The fraction of sp³-hybridized carbons (Fsp3) is 0.391. The highest BCUT2D eigenvalue weighted by molar-refractivity contribution is 7.16. The molecular weight excluding hydrogens is 384 g/mol. The van der Waals surface area contributed by atoms with Crippen molar-refractivity contribution in [2.45, 2.75) is 40.2 Å². The van der Waals surface area contributed by atoms with Gasteiger partial charge in [-0.05, 0) is 55.7 Å². The average Bonchev–Trinajstić information content (AvgIpc) is 3.04. The van der Waals surface area contributed by atoms with Crippen molar-refractivity contribution < 1.29 is 14.3 Å². The Morgan fingerprint density at radius 1 is 1.17 bits per heavy atom. The second-order valence-corrected chi connectivity index (χ2v) is 8.08. The second-order valence-electron chi connectivity index (χ2n) is 7.11. The molecule has 0 aliphatic heterocycles. The van der Waals surface area contributed by atoms with Gasteiger partial charge in [-0.25, -0.2) is 0 Å². The Bertz CT molecular complexity index is 1070. The summed E-state index contributed by atoms with van der Waals surface area (Å²) >= 11 is 1.54. The fourth-order valence-corrected chi connectivity index (χ4v) is 4.31. The average molecular weight is 413 g/mol. The molecule has 0 saturated heterocycles. The summed E-state index contributed by atoms with van der Waals surface area (Å²) in [5.74, 6) is 0.438. The minimum atomic E-state index is -0.266. The van der Waals surface area contributed by atoms with Crippen LogP contribution in [0.5, 0.6) is 5.75 Å². The van der Waals surface area contributed by atoms with E-state index < -0.39 is 0 Å². The lowest BCUT2D eigenvalue weighted by Crippen LogP contribution is -2.19. The van der Waals surface area contributed by atoms with Crippen LogP contribution in [-0.4, -0.2) is 30.8 Å². The Labute approximate surface area is 175 Å². The van der Waals surface area contributed by atoms with Gasteiger partial charge in [0.15, 0.2) is 4.80 Å². The third-order valence-corrected chi connectivity index (χ3v) is 5.91. The van der Waals surface area contributed by atoms with Gasteiger partial charge in [-0.3, -0.25) is 4.79 Å². The van der Waals surface area contributed by atoms with Gasteiger partial charge >= 0.3 is 0 Å². The van der Waals surface area contributed by atoms with Crippen LogP contribution in [0.15, 0.2) is 41.4 Å². The maximum atomic E-state index is 12.9. The zero-order valence-electron chi connectivity index (χ0n) is 17.5. The van der Waals surface area contributed by atoms with Gasteiger partial charge in [0.25, 0.3) is 5.91 Å². The van der Waals surface area contributed by atoms with E-state index in [0.717, 1.165) is 23.1 Å². The summed E-state index contributed by atoms with van der Waals surface area (Å²) in [5.41, 5.74) is 4.00. The van der Waals surface area contributed by atoms with Gasteiger partial charge in [-0.1, -0.05) is 36.8 Å². The number of ether oxygens (including phenoxy) is 2. The number of hydrogen-bond acceptors (Lipinski definition) is 4. The first-order valence-corrected chi connectivity index (χ1v) is 10.8. The van der Waals surface area contributed by atoms with Crippen molar-refractivity contribution in [2.75, 3.05) is 20.3 Å². The molecule has 0 aliphatic carbocycles. The van der Waals surface area contributed by atoms with Crippen LogP contribution in [0.4, 0.5) is 0 Å². The topological polar surface area (TPSA) is 52.8 Å². The van der Waals surface area contributed by atoms with E-state index in [1.165, 1.54) is 11.1 Å². The number of hydrogen-bond donors (Lipinski definition) is 0. The molecule has 0 spiro atoms. The number of carbonyl (C=O) groups is 1. The van der Waals surface area contributed by atoms with Crippen LogP contribution < -0.4 is 9.54 Å². The molecule has 3 rings (SSSR count). The molecule has 0 saturated carbocycles. The number of amides is 1. The smallest absolute Gasteiger partial charge is 0.279 e. The monoisotopic (exact) mass is 412 g/mol.